The SMILES string of the molecule is CSC1CCC1NC1CC(C)(C)C1. The Labute approximate surface area is 86.0 Å². The molecule has 0 aromatic rings. The first-order valence-corrected chi connectivity index (χ1v) is 6.68. The van der Waals surface area contributed by atoms with Crippen LogP contribution in [0.25, 0.3) is 0 Å². The molecule has 2 unspecified atom stereocenters. The average Bonchev–Trinajstić information content (AvgIpc) is 1.95. The van der Waals surface area contributed by atoms with Crippen molar-refractivity contribution in [1.29, 1.82) is 0 Å². The van der Waals surface area contributed by atoms with Gasteiger partial charge in [-0.15, -0.1) is 0 Å². The Morgan fingerprint density at radius 1 is 1.23 bits per heavy atom. The number of hydrogen-bond donors (Lipinski definition) is 1. The van der Waals surface area contributed by atoms with E-state index in [1.807, 2.05) is 11.8 Å². The van der Waals surface area contributed by atoms with Crippen molar-refractivity contribution in [2.45, 2.75) is 56.9 Å². The lowest BCUT2D eigenvalue weighted by Gasteiger charge is -2.48. The third kappa shape index (κ3) is 2.04. The summed E-state index contributed by atoms with van der Waals surface area (Å²) in [5.41, 5.74) is 0.621. The Bertz CT molecular complexity index is 181. The summed E-state index contributed by atoms with van der Waals surface area (Å²) in [6.45, 7) is 4.75. The molecule has 1 N–H and O–H groups in total. The number of hydrogen-bond acceptors (Lipinski definition) is 2. The van der Waals surface area contributed by atoms with Gasteiger partial charge in [0.2, 0.25) is 0 Å². The van der Waals surface area contributed by atoms with Crippen molar-refractivity contribution in [3.8, 4) is 0 Å². The fraction of sp³-hybridized carbons (Fsp3) is 1.00. The first kappa shape index (κ1) is 9.85. The van der Waals surface area contributed by atoms with Crippen molar-refractivity contribution in [2.75, 3.05) is 6.26 Å². The molecule has 2 heteroatoms. The zero-order valence-electron chi connectivity index (χ0n) is 8.97. The standard InChI is InChI=1S/C11H21NS/c1-11(2)6-8(7-11)12-9-4-5-10(9)13-3/h8-10,12H,4-7H2,1-3H3. The van der Waals surface area contributed by atoms with Crippen LogP contribution in [0.2, 0.25) is 0 Å². The van der Waals surface area contributed by atoms with E-state index in [9.17, 15) is 0 Å². The van der Waals surface area contributed by atoms with E-state index in [2.05, 4.69) is 25.4 Å². The highest BCUT2D eigenvalue weighted by Gasteiger charge is 2.39. The van der Waals surface area contributed by atoms with Gasteiger partial charge in [-0.25, -0.2) is 0 Å². The fourth-order valence-corrected chi connectivity index (χ4v) is 3.55. The van der Waals surface area contributed by atoms with E-state index in [1.54, 1.807) is 0 Å². The lowest BCUT2D eigenvalue weighted by Crippen LogP contribution is -2.56. The third-order valence-corrected chi connectivity index (χ3v) is 4.73. The second kappa shape index (κ2) is 3.47. The molecule has 2 atom stereocenters. The topological polar surface area (TPSA) is 12.0 Å². The van der Waals surface area contributed by atoms with Gasteiger partial charge >= 0.3 is 0 Å². The van der Waals surface area contributed by atoms with E-state index < -0.39 is 0 Å². The molecule has 2 fully saturated rings. The van der Waals surface area contributed by atoms with Crippen LogP contribution >= 0.6 is 11.8 Å². The highest BCUT2D eigenvalue weighted by Crippen LogP contribution is 2.41. The Morgan fingerprint density at radius 2 is 1.92 bits per heavy atom. The summed E-state index contributed by atoms with van der Waals surface area (Å²) in [4.78, 5) is 0. The summed E-state index contributed by atoms with van der Waals surface area (Å²) >= 11 is 2.03. The van der Waals surface area contributed by atoms with Crippen LogP contribution in [0.1, 0.15) is 39.5 Å². The molecule has 0 spiro atoms. The zero-order chi connectivity index (χ0) is 9.47. The maximum Gasteiger partial charge on any atom is 0.0199 e. The molecule has 0 radical (unpaired) electrons. The van der Waals surface area contributed by atoms with Gasteiger partial charge in [-0.1, -0.05) is 13.8 Å². The highest BCUT2D eigenvalue weighted by atomic mass is 32.2. The minimum absolute atomic E-state index is 0.621. The lowest BCUT2D eigenvalue weighted by atomic mass is 9.68. The smallest absolute Gasteiger partial charge is 0.0199 e. The molecule has 2 aliphatic carbocycles. The lowest BCUT2D eigenvalue weighted by molar-refractivity contribution is 0.106. The fourth-order valence-electron chi connectivity index (χ4n) is 2.64. The molecular formula is C11H21NS. The number of rotatable bonds is 3. The van der Waals surface area contributed by atoms with Crippen LogP contribution < -0.4 is 5.32 Å². The molecule has 0 aliphatic heterocycles. The van der Waals surface area contributed by atoms with Gasteiger partial charge in [-0.05, 0) is 37.4 Å². The minimum atomic E-state index is 0.621. The van der Waals surface area contributed by atoms with Gasteiger partial charge in [0, 0.05) is 17.3 Å². The van der Waals surface area contributed by atoms with Crippen LogP contribution in [0.5, 0.6) is 0 Å². The van der Waals surface area contributed by atoms with Gasteiger partial charge in [-0.3, -0.25) is 0 Å². The molecule has 76 valence electrons. The molecular weight excluding hydrogens is 178 g/mol. The minimum Gasteiger partial charge on any atom is -0.310 e. The van der Waals surface area contributed by atoms with E-state index in [0.29, 0.717) is 5.41 Å². The van der Waals surface area contributed by atoms with Crippen LogP contribution in [-0.2, 0) is 0 Å². The number of nitrogens with one attached hydrogen (secondary N) is 1. The summed E-state index contributed by atoms with van der Waals surface area (Å²) in [7, 11) is 0. The van der Waals surface area contributed by atoms with Crippen LogP contribution in [0.4, 0.5) is 0 Å². The third-order valence-electron chi connectivity index (χ3n) is 3.56. The first-order chi connectivity index (χ1) is 6.11. The van der Waals surface area contributed by atoms with Crippen LogP contribution in [-0.4, -0.2) is 23.6 Å². The summed E-state index contributed by atoms with van der Waals surface area (Å²) < 4.78 is 0. The Balaban J connectivity index is 1.69. The van der Waals surface area contributed by atoms with Gasteiger partial charge in [-0.2, -0.15) is 11.8 Å². The number of thioether (sulfide) groups is 1. The Hall–Kier alpha value is 0.310. The summed E-state index contributed by atoms with van der Waals surface area (Å²) in [6, 6.07) is 1.66. The molecule has 0 amide bonds. The van der Waals surface area contributed by atoms with Gasteiger partial charge in [0.25, 0.3) is 0 Å². The van der Waals surface area contributed by atoms with E-state index >= 15 is 0 Å². The molecule has 0 aromatic carbocycles. The van der Waals surface area contributed by atoms with E-state index in [-0.39, 0.29) is 0 Å². The summed E-state index contributed by atoms with van der Waals surface area (Å²) in [5.74, 6) is 0. The van der Waals surface area contributed by atoms with Gasteiger partial charge in [0.1, 0.15) is 0 Å². The maximum atomic E-state index is 3.79. The molecule has 2 rings (SSSR count). The monoisotopic (exact) mass is 199 g/mol. The Morgan fingerprint density at radius 3 is 2.31 bits per heavy atom. The zero-order valence-corrected chi connectivity index (χ0v) is 9.79. The molecule has 13 heavy (non-hydrogen) atoms. The molecule has 1 nitrogen and oxygen atoms in total. The summed E-state index contributed by atoms with van der Waals surface area (Å²) in [6.07, 6.45) is 7.83. The van der Waals surface area contributed by atoms with Gasteiger partial charge < -0.3 is 5.32 Å². The quantitative estimate of drug-likeness (QED) is 0.750. The molecule has 0 heterocycles. The van der Waals surface area contributed by atoms with Crippen molar-refractivity contribution >= 4 is 11.8 Å². The predicted molar refractivity (Wildman–Crippen MR) is 60.3 cm³/mol. The van der Waals surface area contributed by atoms with Crippen molar-refractivity contribution in [3.05, 3.63) is 0 Å². The van der Waals surface area contributed by atoms with E-state index in [1.165, 1.54) is 25.7 Å². The van der Waals surface area contributed by atoms with Crippen LogP contribution in [0, 0.1) is 5.41 Å². The largest absolute Gasteiger partial charge is 0.310 e. The van der Waals surface area contributed by atoms with Gasteiger partial charge in [0.15, 0.2) is 0 Å². The molecule has 0 aromatic heterocycles. The van der Waals surface area contributed by atoms with E-state index in [4.69, 9.17) is 0 Å². The van der Waals surface area contributed by atoms with Crippen molar-refractivity contribution in [3.63, 3.8) is 0 Å². The van der Waals surface area contributed by atoms with E-state index in [0.717, 1.165) is 17.3 Å². The van der Waals surface area contributed by atoms with Crippen molar-refractivity contribution in [1.82, 2.24) is 5.32 Å². The highest BCUT2D eigenvalue weighted by molar-refractivity contribution is 7.99. The average molecular weight is 199 g/mol. The molecule has 2 aliphatic rings. The molecule has 0 saturated heterocycles. The van der Waals surface area contributed by atoms with Crippen LogP contribution in [0.3, 0.4) is 0 Å². The Kier molecular flexibility index (Phi) is 2.63. The van der Waals surface area contributed by atoms with Crippen molar-refractivity contribution < 1.29 is 0 Å². The molecule has 0 bridgehead atoms. The summed E-state index contributed by atoms with van der Waals surface area (Å²) in [5, 5.41) is 4.69. The molecule has 2 saturated carbocycles. The predicted octanol–water partition coefficient (Wildman–Crippen LogP) is 2.66. The van der Waals surface area contributed by atoms with Crippen molar-refractivity contribution in [2.24, 2.45) is 5.41 Å². The second-order valence-electron chi connectivity index (χ2n) is 5.39. The van der Waals surface area contributed by atoms with Gasteiger partial charge in [0.05, 0.1) is 0 Å². The second-order valence-corrected chi connectivity index (χ2v) is 6.47. The maximum absolute atomic E-state index is 3.79. The normalized spacial score (nSPS) is 38.1. The van der Waals surface area contributed by atoms with Crippen LogP contribution in [0.15, 0.2) is 0 Å². The first-order valence-electron chi connectivity index (χ1n) is 5.39.